The van der Waals surface area contributed by atoms with E-state index in [2.05, 4.69) is 8.92 Å². The molecule has 0 aliphatic rings. The highest BCUT2D eigenvalue weighted by Crippen LogP contribution is 1.88. The second kappa shape index (κ2) is 6.06. The summed E-state index contributed by atoms with van der Waals surface area (Å²) in [4.78, 5) is 10.4. The van der Waals surface area contributed by atoms with Crippen molar-refractivity contribution in [2.75, 3.05) is 13.7 Å². The monoisotopic (exact) mass is 178 g/mol. The van der Waals surface area contributed by atoms with Crippen molar-refractivity contribution in [2.24, 2.45) is 0 Å². The molecule has 0 amide bonds. The first kappa shape index (κ1) is 10.3. The lowest BCUT2D eigenvalue weighted by Crippen LogP contribution is -1.97. The van der Waals surface area contributed by atoms with Crippen molar-refractivity contribution in [2.45, 2.75) is 6.92 Å². The topological polar surface area (TPSA) is 52.6 Å². The van der Waals surface area contributed by atoms with Crippen LogP contribution in [0.15, 0.2) is 11.5 Å². The van der Waals surface area contributed by atoms with Gasteiger partial charge in [0.25, 0.3) is 0 Å². The van der Waals surface area contributed by atoms with Crippen LogP contribution in [0, 0.1) is 0 Å². The van der Waals surface area contributed by atoms with E-state index in [0.717, 1.165) is 11.5 Å². The van der Waals surface area contributed by atoms with Crippen LogP contribution in [0.1, 0.15) is 6.92 Å². The van der Waals surface area contributed by atoms with E-state index in [-0.39, 0.29) is 0 Å². The Morgan fingerprint density at radius 3 is 2.73 bits per heavy atom. The third kappa shape index (κ3) is 5.75. The fourth-order valence-corrected chi connectivity index (χ4v) is 0.868. The molecule has 5 heteroatoms. The van der Waals surface area contributed by atoms with Gasteiger partial charge >= 0.3 is 5.97 Å². The van der Waals surface area contributed by atoms with Crippen LogP contribution in [0.3, 0.4) is 0 Å². The number of hydrogen-bond acceptors (Lipinski definition) is 4. The van der Waals surface area contributed by atoms with Crippen molar-refractivity contribution in [1.29, 1.82) is 0 Å². The van der Waals surface area contributed by atoms with Gasteiger partial charge in [0.15, 0.2) is 11.1 Å². The first-order valence-electron chi connectivity index (χ1n) is 3.00. The van der Waals surface area contributed by atoms with Gasteiger partial charge in [0.1, 0.15) is 0 Å². The molecule has 0 saturated carbocycles. The Morgan fingerprint density at radius 1 is 1.64 bits per heavy atom. The molecule has 4 nitrogen and oxygen atoms in total. The van der Waals surface area contributed by atoms with Crippen LogP contribution in [-0.4, -0.2) is 23.9 Å². The van der Waals surface area contributed by atoms with E-state index in [4.69, 9.17) is 0 Å². The fourth-order valence-electron chi connectivity index (χ4n) is 0.335. The van der Waals surface area contributed by atoms with Gasteiger partial charge in [-0.25, -0.2) is 9.00 Å². The average molecular weight is 178 g/mol. The standard InChI is InChI=1S/C6H10O4S/c1-3-10-11(8)5-4-6(7)9-2/h4-5H,3H2,1-2H3/b5-4-. The van der Waals surface area contributed by atoms with Crippen molar-refractivity contribution < 1.29 is 17.9 Å². The summed E-state index contributed by atoms with van der Waals surface area (Å²) in [6.45, 7) is 2.06. The minimum atomic E-state index is -1.52. The van der Waals surface area contributed by atoms with E-state index in [1.165, 1.54) is 7.11 Å². The molecule has 0 fully saturated rings. The van der Waals surface area contributed by atoms with Crippen LogP contribution in [0.25, 0.3) is 0 Å². The largest absolute Gasteiger partial charge is 0.466 e. The van der Waals surface area contributed by atoms with Crippen molar-refractivity contribution in [3.05, 3.63) is 11.5 Å². The maximum atomic E-state index is 10.7. The number of carbonyl (C=O) groups excluding carboxylic acids is 1. The lowest BCUT2D eigenvalue weighted by Gasteiger charge is -1.92. The lowest BCUT2D eigenvalue weighted by atomic mass is 10.7. The summed E-state index contributed by atoms with van der Waals surface area (Å²) in [5.74, 6) is -0.543. The zero-order valence-corrected chi connectivity index (χ0v) is 7.22. The SMILES string of the molecule is CCOS(=O)/C=C\C(=O)OC. The molecule has 1 atom stereocenters. The predicted molar refractivity (Wildman–Crippen MR) is 40.9 cm³/mol. The predicted octanol–water partition coefficient (Wildman–Crippen LogP) is 0.373. The smallest absolute Gasteiger partial charge is 0.331 e. The van der Waals surface area contributed by atoms with Gasteiger partial charge in [-0.15, -0.1) is 0 Å². The fraction of sp³-hybridized carbons (Fsp3) is 0.500. The average Bonchev–Trinajstić information content (AvgIpc) is 2.01. The molecule has 64 valence electrons. The molecule has 0 aromatic carbocycles. The molecule has 0 aromatic heterocycles. The molecule has 0 radical (unpaired) electrons. The normalized spacial score (nSPS) is 13.3. The molecule has 1 unspecified atom stereocenters. The maximum Gasteiger partial charge on any atom is 0.331 e. The van der Waals surface area contributed by atoms with Gasteiger partial charge in [0, 0.05) is 11.5 Å². The first-order chi connectivity index (χ1) is 5.20. The summed E-state index contributed by atoms with van der Waals surface area (Å²) >= 11 is -1.52. The molecule has 0 bridgehead atoms. The van der Waals surface area contributed by atoms with Crippen molar-refractivity contribution >= 4 is 17.0 Å². The number of esters is 1. The number of methoxy groups -OCH3 is 1. The molecule has 0 spiro atoms. The lowest BCUT2D eigenvalue weighted by molar-refractivity contribution is -0.134. The van der Waals surface area contributed by atoms with E-state index in [0.29, 0.717) is 6.61 Å². The van der Waals surface area contributed by atoms with Gasteiger partial charge in [-0.1, -0.05) is 0 Å². The Labute approximate surface area is 67.8 Å². The van der Waals surface area contributed by atoms with Crippen LogP contribution >= 0.6 is 0 Å². The van der Waals surface area contributed by atoms with Crippen molar-refractivity contribution in [1.82, 2.24) is 0 Å². The van der Waals surface area contributed by atoms with Gasteiger partial charge in [-0.3, -0.25) is 4.18 Å². The zero-order chi connectivity index (χ0) is 8.69. The van der Waals surface area contributed by atoms with Crippen molar-refractivity contribution in [3.63, 3.8) is 0 Å². The summed E-state index contributed by atoms with van der Waals surface area (Å²) in [5.41, 5.74) is 0. The summed E-state index contributed by atoms with van der Waals surface area (Å²) in [6.07, 6.45) is 1.06. The molecule has 11 heavy (non-hydrogen) atoms. The van der Waals surface area contributed by atoms with Gasteiger partial charge in [0.05, 0.1) is 13.7 Å². The number of rotatable bonds is 4. The zero-order valence-electron chi connectivity index (χ0n) is 6.40. The molecule has 0 heterocycles. The molecular formula is C6H10O4S. The minimum absolute atomic E-state index is 0.345. The third-order valence-electron chi connectivity index (χ3n) is 0.750. The summed E-state index contributed by atoms with van der Waals surface area (Å²) in [6, 6.07) is 0. The molecule has 0 saturated heterocycles. The van der Waals surface area contributed by atoms with Gasteiger partial charge in [0.2, 0.25) is 0 Å². The number of carbonyl (C=O) groups is 1. The Hall–Kier alpha value is -0.680. The van der Waals surface area contributed by atoms with Gasteiger partial charge in [-0.2, -0.15) is 0 Å². The Morgan fingerprint density at radius 2 is 2.27 bits per heavy atom. The third-order valence-corrected chi connectivity index (χ3v) is 1.58. The van der Waals surface area contributed by atoms with E-state index in [1.54, 1.807) is 6.92 Å². The van der Waals surface area contributed by atoms with E-state index >= 15 is 0 Å². The minimum Gasteiger partial charge on any atom is -0.466 e. The van der Waals surface area contributed by atoms with Gasteiger partial charge < -0.3 is 4.74 Å². The van der Waals surface area contributed by atoms with Gasteiger partial charge in [-0.05, 0) is 6.92 Å². The summed E-state index contributed by atoms with van der Waals surface area (Å²) in [5, 5.41) is 1.13. The summed E-state index contributed by atoms with van der Waals surface area (Å²) < 4.78 is 19.5. The second-order valence-corrected chi connectivity index (χ2v) is 2.52. The van der Waals surface area contributed by atoms with Crippen LogP contribution in [-0.2, 0) is 24.8 Å². The summed E-state index contributed by atoms with van der Waals surface area (Å²) in [7, 11) is 1.25. The molecular weight excluding hydrogens is 168 g/mol. The maximum absolute atomic E-state index is 10.7. The second-order valence-electron chi connectivity index (χ2n) is 1.49. The van der Waals surface area contributed by atoms with Crippen LogP contribution < -0.4 is 0 Å². The highest BCUT2D eigenvalue weighted by Gasteiger charge is 1.94. The van der Waals surface area contributed by atoms with E-state index in [1.807, 2.05) is 0 Å². The molecule has 0 aliphatic heterocycles. The molecule has 0 aliphatic carbocycles. The highest BCUT2D eigenvalue weighted by molar-refractivity contribution is 7.83. The molecule has 0 rings (SSSR count). The Bertz CT molecular complexity index is 175. The van der Waals surface area contributed by atoms with Crippen molar-refractivity contribution in [3.8, 4) is 0 Å². The van der Waals surface area contributed by atoms with Crippen LogP contribution in [0.4, 0.5) is 0 Å². The Kier molecular flexibility index (Phi) is 5.68. The van der Waals surface area contributed by atoms with Crippen LogP contribution in [0.2, 0.25) is 0 Å². The van der Waals surface area contributed by atoms with E-state index in [9.17, 15) is 9.00 Å². The molecule has 0 N–H and O–H groups in total. The number of ether oxygens (including phenoxy) is 1. The number of hydrogen-bond donors (Lipinski definition) is 0. The molecule has 0 aromatic rings. The highest BCUT2D eigenvalue weighted by atomic mass is 32.2. The Balaban J connectivity index is 3.73. The first-order valence-corrected chi connectivity index (χ1v) is 4.14. The quantitative estimate of drug-likeness (QED) is 0.461. The van der Waals surface area contributed by atoms with Crippen LogP contribution in [0.5, 0.6) is 0 Å². The van der Waals surface area contributed by atoms with E-state index < -0.39 is 17.0 Å².